The SMILES string of the molecule is CCOC1CC(O)C12CCN(Cc1nc(-c3ccccc3)no1)CC2. The van der Waals surface area contributed by atoms with Crippen LogP contribution in [0.2, 0.25) is 0 Å². The minimum absolute atomic E-state index is 0.0451. The second-order valence-corrected chi connectivity index (χ2v) is 7.08. The quantitative estimate of drug-likeness (QED) is 0.899. The summed E-state index contributed by atoms with van der Waals surface area (Å²) >= 11 is 0. The largest absolute Gasteiger partial charge is 0.392 e. The van der Waals surface area contributed by atoms with Gasteiger partial charge in [0.25, 0.3) is 0 Å². The van der Waals surface area contributed by atoms with Crippen LogP contribution in [0.5, 0.6) is 0 Å². The summed E-state index contributed by atoms with van der Waals surface area (Å²) in [4.78, 5) is 6.83. The standard InChI is InChI=1S/C19H25N3O3/c1-2-24-16-12-15(23)19(16)8-10-22(11-9-19)13-17-20-18(21-25-17)14-6-4-3-5-7-14/h3-7,15-16,23H,2,8-13H2,1H3. The van der Waals surface area contributed by atoms with Gasteiger partial charge in [-0.05, 0) is 32.9 Å². The Bertz CT molecular complexity index is 693. The van der Waals surface area contributed by atoms with Gasteiger partial charge in [0.05, 0.1) is 18.8 Å². The maximum Gasteiger partial charge on any atom is 0.241 e. The summed E-state index contributed by atoms with van der Waals surface area (Å²) in [5, 5.41) is 14.4. The van der Waals surface area contributed by atoms with Crippen LogP contribution >= 0.6 is 0 Å². The van der Waals surface area contributed by atoms with Gasteiger partial charge in [0.2, 0.25) is 11.7 Å². The van der Waals surface area contributed by atoms with Crippen LogP contribution in [0, 0.1) is 5.41 Å². The number of hydrogen-bond donors (Lipinski definition) is 1. The molecule has 6 heteroatoms. The number of nitrogens with zero attached hydrogens (tertiary/aromatic N) is 3. The van der Waals surface area contributed by atoms with Crippen molar-refractivity contribution < 1.29 is 14.4 Å². The average Bonchev–Trinajstić information content (AvgIpc) is 3.11. The van der Waals surface area contributed by atoms with Crippen molar-refractivity contribution in [2.24, 2.45) is 5.41 Å². The second kappa shape index (κ2) is 6.86. The molecule has 1 aromatic carbocycles. The fourth-order valence-corrected chi connectivity index (χ4v) is 4.16. The van der Waals surface area contributed by atoms with Gasteiger partial charge in [0.15, 0.2) is 0 Å². The van der Waals surface area contributed by atoms with Gasteiger partial charge in [-0.3, -0.25) is 4.90 Å². The van der Waals surface area contributed by atoms with Crippen LogP contribution in [0.1, 0.15) is 32.1 Å². The lowest BCUT2D eigenvalue weighted by molar-refractivity contribution is -0.210. The first-order chi connectivity index (χ1) is 12.2. The minimum Gasteiger partial charge on any atom is -0.392 e. The van der Waals surface area contributed by atoms with Crippen molar-refractivity contribution in [2.75, 3.05) is 19.7 Å². The van der Waals surface area contributed by atoms with Gasteiger partial charge in [0.1, 0.15) is 0 Å². The Morgan fingerprint density at radius 1 is 1.28 bits per heavy atom. The molecule has 2 atom stereocenters. The van der Waals surface area contributed by atoms with Crippen molar-refractivity contribution in [3.05, 3.63) is 36.2 Å². The Hall–Kier alpha value is -1.76. The van der Waals surface area contributed by atoms with Gasteiger partial charge in [-0.25, -0.2) is 0 Å². The van der Waals surface area contributed by atoms with E-state index in [9.17, 15) is 5.11 Å². The zero-order chi connectivity index (χ0) is 17.3. The first kappa shape index (κ1) is 16.7. The van der Waals surface area contributed by atoms with Crippen molar-refractivity contribution in [1.82, 2.24) is 15.0 Å². The third-order valence-electron chi connectivity index (χ3n) is 5.76. The van der Waals surface area contributed by atoms with Crippen molar-refractivity contribution in [3.63, 3.8) is 0 Å². The van der Waals surface area contributed by atoms with E-state index < -0.39 is 0 Å². The van der Waals surface area contributed by atoms with Crippen molar-refractivity contribution in [1.29, 1.82) is 0 Å². The summed E-state index contributed by atoms with van der Waals surface area (Å²) in [6.45, 7) is 5.24. The van der Waals surface area contributed by atoms with Crippen LogP contribution in [0.3, 0.4) is 0 Å². The Morgan fingerprint density at radius 2 is 2.04 bits per heavy atom. The molecule has 2 unspecified atom stereocenters. The van der Waals surface area contributed by atoms with Crippen LogP contribution in [0.4, 0.5) is 0 Å². The third-order valence-corrected chi connectivity index (χ3v) is 5.76. The Balaban J connectivity index is 1.36. The number of aliphatic hydroxyl groups is 1. The molecule has 4 rings (SSSR count). The fourth-order valence-electron chi connectivity index (χ4n) is 4.16. The molecule has 25 heavy (non-hydrogen) atoms. The van der Waals surface area contributed by atoms with Gasteiger partial charge >= 0.3 is 0 Å². The number of hydrogen-bond acceptors (Lipinski definition) is 6. The van der Waals surface area contributed by atoms with Crippen molar-refractivity contribution in [2.45, 2.75) is 44.9 Å². The summed E-state index contributed by atoms with van der Waals surface area (Å²) in [5.74, 6) is 1.28. The number of aliphatic hydroxyl groups excluding tert-OH is 1. The molecule has 2 aliphatic rings. The molecule has 134 valence electrons. The highest BCUT2D eigenvalue weighted by molar-refractivity contribution is 5.53. The van der Waals surface area contributed by atoms with E-state index in [2.05, 4.69) is 15.0 Å². The zero-order valence-corrected chi connectivity index (χ0v) is 14.6. The number of likely N-dealkylation sites (tertiary alicyclic amines) is 1. The molecule has 1 aliphatic carbocycles. The van der Waals surface area contributed by atoms with E-state index in [0.717, 1.165) is 37.9 Å². The van der Waals surface area contributed by atoms with Crippen LogP contribution in [0.15, 0.2) is 34.9 Å². The molecule has 1 saturated carbocycles. The lowest BCUT2D eigenvalue weighted by Gasteiger charge is -2.56. The summed E-state index contributed by atoms with van der Waals surface area (Å²) < 4.78 is 11.2. The highest BCUT2D eigenvalue weighted by Crippen LogP contribution is 2.51. The zero-order valence-electron chi connectivity index (χ0n) is 14.6. The van der Waals surface area contributed by atoms with Crippen LogP contribution in [-0.4, -0.2) is 52.1 Å². The maximum absolute atomic E-state index is 10.3. The van der Waals surface area contributed by atoms with E-state index in [1.54, 1.807) is 0 Å². The number of rotatable bonds is 5. The molecule has 2 heterocycles. The highest BCUT2D eigenvalue weighted by Gasteiger charge is 2.55. The molecule has 0 radical (unpaired) electrons. The van der Waals surface area contributed by atoms with E-state index >= 15 is 0 Å². The number of ether oxygens (including phenoxy) is 1. The predicted octanol–water partition coefficient (Wildman–Crippen LogP) is 2.49. The molecule has 1 N–H and O–H groups in total. The lowest BCUT2D eigenvalue weighted by Crippen LogP contribution is -2.62. The molecule has 2 fully saturated rings. The van der Waals surface area contributed by atoms with Gasteiger partial charge in [-0.15, -0.1) is 0 Å². The first-order valence-electron chi connectivity index (χ1n) is 9.11. The molecule has 1 aromatic heterocycles. The predicted molar refractivity (Wildman–Crippen MR) is 92.7 cm³/mol. The smallest absolute Gasteiger partial charge is 0.241 e. The van der Waals surface area contributed by atoms with E-state index in [1.165, 1.54) is 0 Å². The Labute approximate surface area is 147 Å². The summed E-state index contributed by atoms with van der Waals surface area (Å²) in [6.07, 6.45) is 2.68. The molecule has 6 nitrogen and oxygen atoms in total. The third kappa shape index (κ3) is 3.10. The number of benzene rings is 1. The van der Waals surface area contributed by atoms with Crippen LogP contribution < -0.4 is 0 Å². The summed E-state index contributed by atoms with van der Waals surface area (Å²) in [7, 11) is 0. The molecule has 1 aliphatic heterocycles. The first-order valence-corrected chi connectivity index (χ1v) is 9.11. The summed E-state index contributed by atoms with van der Waals surface area (Å²) in [5.41, 5.74) is 0.920. The van der Waals surface area contributed by atoms with Gasteiger partial charge < -0.3 is 14.4 Å². The molecular weight excluding hydrogens is 318 g/mol. The molecule has 0 amide bonds. The van der Waals surface area contributed by atoms with E-state index in [4.69, 9.17) is 9.26 Å². The second-order valence-electron chi connectivity index (χ2n) is 7.08. The summed E-state index contributed by atoms with van der Waals surface area (Å²) in [6, 6.07) is 9.86. The van der Waals surface area contributed by atoms with Crippen LogP contribution in [0.25, 0.3) is 11.4 Å². The monoisotopic (exact) mass is 343 g/mol. The van der Waals surface area contributed by atoms with Gasteiger partial charge in [-0.1, -0.05) is 35.5 Å². The highest BCUT2D eigenvalue weighted by atomic mass is 16.5. The topological polar surface area (TPSA) is 71.6 Å². The van der Waals surface area contributed by atoms with E-state index in [1.807, 2.05) is 37.3 Å². The van der Waals surface area contributed by atoms with Gasteiger partial charge in [0, 0.05) is 24.0 Å². The number of aromatic nitrogens is 2. The normalized spacial score (nSPS) is 25.8. The average molecular weight is 343 g/mol. The molecule has 0 bridgehead atoms. The van der Waals surface area contributed by atoms with E-state index in [0.29, 0.717) is 24.9 Å². The van der Waals surface area contributed by atoms with Gasteiger partial charge in [-0.2, -0.15) is 4.98 Å². The van der Waals surface area contributed by atoms with Crippen LogP contribution in [-0.2, 0) is 11.3 Å². The Kier molecular flexibility index (Phi) is 4.58. The molecule has 1 saturated heterocycles. The van der Waals surface area contributed by atoms with Crippen molar-refractivity contribution in [3.8, 4) is 11.4 Å². The van der Waals surface area contributed by atoms with E-state index in [-0.39, 0.29) is 17.6 Å². The fraction of sp³-hybridized carbons (Fsp3) is 0.579. The molecular formula is C19H25N3O3. The van der Waals surface area contributed by atoms with Crippen molar-refractivity contribution >= 4 is 0 Å². The maximum atomic E-state index is 10.3. The Morgan fingerprint density at radius 3 is 2.72 bits per heavy atom. The lowest BCUT2D eigenvalue weighted by atomic mass is 9.58. The number of piperidine rings is 1. The molecule has 1 spiro atoms. The molecule has 2 aromatic rings. The minimum atomic E-state index is -0.223.